The molecule has 3 atom stereocenters. The van der Waals surface area contributed by atoms with Crippen LogP contribution in [0, 0.1) is 17.8 Å². The van der Waals surface area contributed by atoms with Gasteiger partial charge in [0, 0.05) is 17.8 Å². The van der Waals surface area contributed by atoms with E-state index in [0.29, 0.717) is 0 Å². The molecular formula is C14H23N. The van der Waals surface area contributed by atoms with Crippen LogP contribution in [0.4, 0.5) is 0 Å². The Hall–Kier alpha value is -0.720. The van der Waals surface area contributed by atoms with E-state index >= 15 is 0 Å². The predicted octanol–water partition coefficient (Wildman–Crippen LogP) is 4.19. The van der Waals surface area contributed by atoms with Gasteiger partial charge in [-0.3, -0.25) is 0 Å². The predicted molar refractivity (Wildman–Crippen MR) is 64.9 cm³/mol. The van der Waals surface area contributed by atoms with Gasteiger partial charge in [0.25, 0.3) is 0 Å². The van der Waals surface area contributed by atoms with E-state index in [4.69, 9.17) is 0 Å². The molecule has 84 valence electrons. The average Bonchev–Trinajstić information content (AvgIpc) is 2.69. The van der Waals surface area contributed by atoms with Crippen molar-refractivity contribution >= 4 is 0 Å². The second kappa shape index (κ2) is 4.42. The maximum absolute atomic E-state index is 3.41. The highest BCUT2D eigenvalue weighted by molar-refractivity contribution is 5.12. The van der Waals surface area contributed by atoms with Crippen LogP contribution < -0.4 is 0 Å². The third-order valence-electron chi connectivity index (χ3n) is 4.04. The van der Waals surface area contributed by atoms with Crippen molar-refractivity contribution in [3.05, 3.63) is 24.0 Å². The number of hydrogen-bond acceptors (Lipinski definition) is 0. The summed E-state index contributed by atoms with van der Waals surface area (Å²) >= 11 is 0. The van der Waals surface area contributed by atoms with Crippen molar-refractivity contribution in [2.45, 2.75) is 46.0 Å². The molecule has 1 heteroatoms. The van der Waals surface area contributed by atoms with Crippen LogP contribution in [0.3, 0.4) is 0 Å². The van der Waals surface area contributed by atoms with Crippen LogP contribution in [0.2, 0.25) is 0 Å². The zero-order chi connectivity index (χ0) is 10.8. The van der Waals surface area contributed by atoms with Gasteiger partial charge in [-0.2, -0.15) is 0 Å². The van der Waals surface area contributed by atoms with E-state index in [1.165, 1.54) is 25.0 Å². The average molecular weight is 205 g/mol. The molecule has 1 aromatic heterocycles. The molecule has 1 N–H and O–H groups in total. The molecule has 0 amide bonds. The molecule has 1 nitrogen and oxygen atoms in total. The molecule has 0 aromatic carbocycles. The van der Waals surface area contributed by atoms with Gasteiger partial charge < -0.3 is 4.98 Å². The first kappa shape index (κ1) is 10.8. The van der Waals surface area contributed by atoms with E-state index in [9.17, 15) is 0 Å². The van der Waals surface area contributed by atoms with Crippen molar-refractivity contribution < 1.29 is 0 Å². The fraction of sp³-hybridized carbons (Fsp3) is 0.714. The third-order valence-corrected chi connectivity index (χ3v) is 4.04. The highest BCUT2D eigenvalue weighted by Crippen LogP contribution is 2.43. The van der Waals surface area contributed by atoms with Gasteiger partial charge in [-0.05, 0) is 42.7 Å². The Morgan fingerprint density at radius 1 is 1.33 bits per heavy atom. The maximum atomic E-state index is 3.41. The fourth-order valence-electron chi connectivity index (χ4n) is 3.13. The van der Waals surface area contributed by atoms with Crippen molar-refractivity contribution in [1.82, 2.24) is 4.98 Å². The molecule has 1 fully saturated rings. The molecule has 0 saturated heterocycles. The highest BCUT2D eigenvalue weighted by atomic mass is 14.7. The first-order chi connectivity index (χ1) is 7.18. The number of aromatic nitrogens is 1. The molecule has 1 aliphatic rings. The van der Waals surface area contributed by atoms with Crippen molar-refractivity contribution in [2.24, 2.45) is 17.8 Å². The minimum Gasteiger partial charge on any atom is -0.365 e. The number of nitrogens with one attached hydrogen (secondary N) is 1. The summed E-state index contributed by atoms with van der Waals surface area (Å²) in [5.74, 6) is 3.35. The summed E-state index contributed by atoms with van der Waals surface area (Å²) in [4.78, 5) is 3.41. The standard InChI is InChI=1S/C14H23N/c1-10(2)12-7-6-11(3)9-13(12)14-5-4-8-15-14/h4-5,8,10-13,15H,6-7,9H2,1-3H3/t11-,12+,13?/m1/s1. The summed E-state index contributed by atoms with van der Waals surface area (Å²) in [6, 6.07) is 4.39. The van der Waals surface area contributed by atoms with Crippen molar-refractivity contribution in [1.29, 1.82) is 0 Å². The molecule has 0 spiro atoms. The van der Waals surface area contributed by atoms with E-state index in [1.807, 2.05) is 0 Å². The normalized spacial score (nSPS) is 32.1. The zero-order valence-electron chi connectivity index (χ0n) is 10.2. The smallest absolute Gasteiger partial charge is 0.0181 e. The molecule has 1 aliphatic carbocycles. The Balaban J connectivity index is 2.17. The van der Waals surface area contributed by atoms with Gasteiger partial charge >= 0.3 is 0 Å². The fourth-order valence-corrected chi connectivity index (χ4v) is 3.13. The summed E-state index contributed by atoms with van der Waals surface area (Å²) in [7, 11) is 0. The molecule has 15 heavy (non-hydrogen) atoms. The van der Waals surface area contributed by atoms with Crippen LogP contribution in [-0.2, 0) is 0 Å². The van der Waals surface area contributed by atoms with E-state index < -0.39 is 0 Å². The van der Waals surface area contributed by atoms with Crippen molar-refractivity contribution in [3.63, 3.8) is 0 Å². The second-order valence-corrected chi connectivity index (χ2v) is 5.56. The summed E-state index contributed by atoms with van der Waals surface area (Å²) in [6.45, 7) is 7.14. The van der Waals surface area contributed by atoms with Crippen LogP contribution in [0.5, 0.6) is 0 Å². The SMILES string of the molecule is CC(C)[C@@H]1CC[C@@H](C)CC1c1ccc[nH]1. The van der Waals surface area contributed by atoms with Gasteiger partial charge in [0.15, 0.2) is 0 Å². The summed E-state index contributed by atoms with van der Waals surface area (Å²) in [5.41, 5.74) is 1.46. The van der Waals surface area contributed by atoms with E-state index in [0.717, 1.165) is 23.7 Å². The zero-order valence-corrected chi connectivity index (χ0v) is 10.2. The lowest BCUT2D eigenvalue weighted by Gasteiger charge is -2.37. The maximum Gasteiger partial charge on any atom is 0.0181 e. The highest BCUT2D eigenvalue weighted by Gasteiger charge is 2.31. The Bertz CT molecular complexity index is 286. The van der Waals surface area contributed by atoms with Gasteiger partial charge in [0.1, 0.15) is 0 Å². The summed E-state index contributed by atoms with van der Waals surface area (Å²) in [6.07, 6.45) is 6.25. The minimum absolute atomic E-state index is 0.767. The second-order valence-electron chi connectivity index (χ2n) is 5.56. The molecule has 0 aliphatic heterocycles. The Morgan fingerprint density at radius 2 is 2.13 bits per heavy atom. The molecular weight excluding hydrogens is 182 g/mol. The minimum atomic E-state index is 0.767. The lowest BCUT2D eigenvalue weighted by atomic mass is 9.69. The summed E-state index contributed by atoms with van der Waals surface area (Å²) < 4.78 is 0. The van der Waals surface area contributed by atoms with Gasteiger partial charge in [0.05, 0.1) is 0 Å². The van der Waals surface area contributed by atoms with Crippen LogP contribution >= 0.6 is 0 Å². The largest absolute Gasteiger partial charge is 0.365 e. The van der Waals surface area contributed by atoms with Gasteiger partial charge in [0.2, 0.25) is 0 Å². The lowest BCUT2D eigenvalue weighted by molar-refractivity contribution is 0.195. The molecule has 1 saturated carbocycles. The molecule has 0 bridgehead atoms. The lowest BCUT2D eigenvalue weighted by Crippen LogP contribution is -2.26. The Kier molecular flexibility index (Phi) is 3.18. The Morgan fingerprint density at radius 3 is 2.73 bits per heavy atom. The number of aromatic amines is 1. The first-order valence-electron chi connectivity index (χ1n) is 6.31. The molecule has 1 unspecified atom stereocenters. The Labute approximate surface area is 93.3 Å². The van der Waals surface area contributed by atoms with Crippen LogP contribution in [0.15, 0.2) is 18.3 Å². The number of hydrogen-bond donors (Lipinski definition) is 1. The summed E-state index contributed by atoms with van der Waals surface area (Å²) in [5, 5.41) is 0. The third kappa shape index (κ3) is 2.27. The van der Waals surface area contributed by atoms with Gasteiger partial charge in [-0.25, -0.2) is 0 Å². The number of H-pyrrole nitrogens is 1. The van der Waals surface area contributed by atoms with Crippen molar-refractivity contribution in [3.8, 4) is 0 Å². The van der Waals surface area contributed by atoms with Crippen LogP contribution in [0.1, 0.15) is 51.6 Å². The molecule has 1 aromatic rings. The van der Waals surface area contributed by atoms with Crippen LogP contribution in [0.25, 0.3) is 0 Å². The number of rotatable bonds is 2. The van der Waals surface area contributed by atoms with Gasteiger partial charge in [-0.1, -0.05) is 27.2 Å². The topological polar surface area (TPSA) is 15.8 Å². The van der Waals surface area contributed by atoms with Gasteiger partial charge in [-0.15, -0.1) is 0 Å². The van der Waals surface area contributed by atoms with E-state index in [-0.39, 0.29) is 0 Å². The quantitative estimate of drug-likeness (QED) is 0.745. The molecule has 0 radical (unpaired) electrons. The van der Waals surface area contributed by atoms with Crippen molar-refractivity contribution in [2.75, 3.05) is 0 Å². The van der Waals surface area contributed by atoms with E-state index in [1.54, 1.807) is 0 Å². The monoisotopic (exact) mass is 205 g/mol. The molecule has 2 rings (SSSR count). The first-order valence-corrected chi connectivity index (χ1v) is 6.31. The van der Waals surface area contributed by atoms with Crippen LogP contribution in [-0.4, -0.2) is 4.98 Å². The van der Waals surface area contributed by atoms with E-state index in [2.05, 4.69) is 44.1 Å². The molecule has 1 heterocycles.